The van der Waals surface area contributed by atoms with Gasteiger partial charge < -0.3 is 19.7 Å². The van der Waals surface area contributed by atoms with Crippen LogP contribution in [0.4, 0.5) is 5.69 Å². The number of amides is 1. The lowest BCUT2D eigenvalue weighted by atomic mass is 10.2. The Hall–Kier alpha value is -2.24. The SMILES string of the molecule is CCOc1ccc(C(=O)Nc2ccc(OCCN(C)C)c(Cl)c2)cc1. The van der Waals surface area contributed by atoms with Gasteiger partial charge in [-0.05, 0) is 63.5 Å². The Morgan fingerprint density at radius 1 is 1.12 bits per heavy atom. The third-order valence-corrected chi connectivity index (χ3v) is 3.71. The number of halogens is 1. The van der Waals surface area contributed by atoms with Gasteiger partial charge in [0, 0.05) is 17.8 Å². The third kappa shape index (κ3) is 5.96. The summed E-state index contributed by atoms with van der Waals surface area (Å²) in [5, 5.41) is 3.29. The minimum atomic E-state index is -0.208. The molecule has 5 nitrogen and oxygen atoms in total. The van der Waals surface area contributed by atoms with Crippen LogP contribution in [0.1, 0.15) is 17.3 Å². The largest absolute Gasteiger partial charge is 0.494 e. The van der Waals surface area contributed by atoms with Crippen molar-refractivity contribution in [3.05, 3.63) is 53.1 Å². The topological polar surface area (TPSA) is 50.8 Å². The molecule has 25 heavy (non-hydrogen) atoms. The number of hydrogen-bond acceptors (Lipinski definition) is 4. The molecule has 6 heteroatoms. The molecule has 0 radical (unpaired) electrons. The fraction of sp³-hybridized carbons (Fsp3) is 0.316. The second-order valence-electron chi connectivity index (χ2n) is 5.71. The van der Waals surface area contributed by atoms with E-state index in [1.807, 2.05) is 25.9 Å². The lowest BCUT2D eigenvalue weighted by molar-refractivity contribution is 0.102. The number of rotatable bonds is 8. The predicted molar refractivity (Wildman–Crippen MR) is 101 cm³/mol. The van der Waals surface area contributed by atoms with Crippen LogP contribution in [0, 0.1) is 0 Å². The molecule has 0 saturated carbocycles. The molecular formula is C19H23ClN2O3. The molecule has 0 saturated heterocycles. The van der Waals surface area contributed by atoms with E-state index in [-0.39, 0.29) is 5.91 Å². The van der Waals surface area contributed by atoms with Crippen molar-refractivity contribution in [2.75, 3.05) is 39.2 Å². The summed E-state index contributed by atoms with van der Waals surface area (Å²) in [7, 11) is 3.95. The van der Waals surface area contributed by atoms with Crippen LogP contribution in [0.25, 0.3) is 0 Å². The summed E-state index contributed by atoms with van der Waals surface area (Å²) in [6.07, 6.45) is 0. The van der Waals surface area contributed by atoms with Crippen molar-refractivity contribution in [3.63, 3.8) is 0 Å². The maximum Gasteiger partial charge on any atom is 0.255 e. The Labute approximate surface area is 153 Å². The number of anilines is 1. The summed E-state index contributed by atoms with van der Waals surface area (Å²) in [5.41, 5.74) is 1.16. The van der Waals surface area contributed by atoms with E-state index in [0.717, 1.165) is 12.3 Å². The number of nitrogens with one attached hydrogen (secondary N) is 1. The van der Waals surface area contributed by atoms with Crippen LogP contribution < -0.4 is 14.8 Å². The minimum Gasteiger partial charge on any atom is -0.494 e. The van der Waals surface area contributed by atoms with E-state index in [1.165, 1.54) is 0 Å². The molecule has 2 aromatic rings. The molecule has 1 N–H and O–H groups in total. The van der Waals surface area contributed by atoms with Crippen LogP contribution in [0.3, 0.4) is 0 Å². The van der Waals surface area contributed by atoms with E-state index in [9.17, 15) is 4.79 Å². The lowest BCUT2D eigenvalue weighted by Crippen LogP contribution is -2.19. The zero-order valence-electron chi connectivity index (χ0n) is 14.7. The molecule has 134 valence electrons. The zero-order chi connectivity index (χ0) is 18.2. The van der Waals surface area contributed by atoms with E-state index in [1.54, 1.807) is 42.5 Å². The van der Waals surface area contributed by atoms with Crippen LogP contribution in [0.2, 0.25) is 5.02 Å². The summed E-state index contributed by atoms with van der Waals surface area (Å²) in [6, 6.07) is 12.2. The van der Waals surface area contributed by atoms with E-state index in [4.69, 9.17) is 21.1 Å². The van der Waals surface area contributed by atoms with Crippen LogP contribution in [0.15, 0.2) is 42.5 Å². The summed E-state index contributed by atoms with van der Waals surface area (Å²) in [4.78, 5) is 14.3. The van der Waals surface area contributed by atoms with Gasteiger partial charge in [0.15, 0.2) is 0 Å². The van der Waals surface area contributed by atoms with Gasteiger partial charge in [0.2, 0.25) is 0 Å². The van der Waals surface area contributed by atoms with E-state index >= 15 is 0 Å². The molecule has 0 heterocycles. The first-order valence-corrected chi connectivity index (χ1v) is 8.48. The lowest BCUT2D eigenvalue weighted by Gasteiger charge is -2.13. The number of hydrogen-bond donors (Lipinski definition) is 1. The van der Waals surface area contributed by atoms with Crippen molar-refractivity contribution in [2.24, 2.45) is 0 Å². The number of carbonyl (C=O) groups excluding carboxylic acids is 1. The second kappa shape index (κ2) is 9.30. The predicted octanol–water partition coefficient (Wildman–Crippen LogP) is 3.93. The van der Waals surface area contributed by atoms with E-state index in [2.05, 4.69) is 5.32 Å². The molecule has 0 bridgehead atoms. The highest BCUT2D eigenvalue weighted by molar-refractivity contribution is 6.32. The molecule has 0 aliphatic rings. The Morgan fingerprint density at radius 3 is 2.44 bits per heavy atom. The summed E-state index contributed by atoms with van der Waals surface area (Å²) >= 11 is 6.22. The van der Waals surface area contributed by atoms with Crippen molar-refractivity contribution >= 4 is 23.2 Å². The van der Waals surface area contributed by atoms with Gasteiger partial charge in [0.25, 0.3) is 5.91 Å². The first-order chi connectivity index (χ1) is 12.0. The first kappa shape index (κ1) is 19.1. The van der Waals surface area contributed by atoms with Gasteiger partial charge >= 0.3 is 0 Å². The van der Waals surface area contributed by atoms with Gasteiger partial charge in [-0.3, -0.25) is 4.79 Å². The molecular weight excluding hydrogens is 340 g/mol. The van der Waals surface area contributed by atoms with Crippen molar-refractivity contribution in [1.29, 1.82) is 0 Å². The normalized spacial score (nSPS) is 10.6. The molecule has 0 aliphatic carbocycles. The van der Waals surface area contributed by atoms with Gasteiger partial charge in [-0.2, -0.15) is 0 Å². The smallest absolute Gasteiger partial charge is 0.255 e. The highest BCUT2D eigenvalue weighted by Gasteiger charge is 2.09. The molecule has 1 amide bonds. The molecule has 0 aliphatic heterocycles. The molecule has 0 spiro atoms. The summed E-state index contributed by atoms with van der Waals surface area (Å²) in [6.45, 7) is 3.85. The van der Waals surface area contributed by atoms with Gasteiger partial charge in [0.1, 0.15) is 18.1 Å². The molecule has 0 aromatic heterocycles. The monoisotopic (exact) mass is 362 g/mol. The zero-order valence-corrected chi connectivity index (χ0v) is 15.5. The molecule has 0 atom stereocenters. The van der Waals surface area contributed by atoms with E-state index < -0.39 is 0 Å². The number of benzene rings is 2. The Kier molecular flexibility index (Phi) is 7.10. The van der Waals surface area contributed by atoms with Gasteiger partial charge in [-0.1, -0.05) is 11.6 Å². The van der Waals surface area contributed by atoms with Crippen molar-refractivity contribution in [2.45, 2.75) is 6.92 Å². The Morgan fingerprint density at radius 2 is 1.84 bits per heavy atom. The van der Waals surface area contributed by atoms with Crippen molar-refractivity contribution < 1.29 is 14.3 Å². The van der Waals surface area contributed by atoms with E-state index in [0.29, 0.717) is 35.2 Å². The fourth-order valence-corrected chi connectivity index (χ4v) is 2.34. The molecule has 0 fully saturated rings. The first-order valence-electron chi connectivity index (χ1n) is 8.11. The van der Waals surface area contributed by atoms with Crippen LogP contribution in [-0.4, -0.2) is 44.7 Å². The van der Waals surface area contributed by atoms with Crippen molar-refractivity contribution in [3.8, 4) is 11.5 Å². The number of carbonyl (C=O) groups is 1. The van der Waals surface area contributed by atoms with Gasteiger partial charge in [-0.25, -0.2) is 0 Å². The van der Waals surface area contributed by atoms with Crippen LogP contribution in [-0.2, 0) is 0 Å². The van der Waals surface area contributed by atoms with Crippen LogP contribution >= 0.6 is 11.6 Å². The number of ether oxygens (including phenoxy) is 2. The molecule has 2 aromatic carbocycles. The summed E-state index contributed by atoms with van der Waals surface area (Å²) in [5.74, 6) is 1.13. The average molecular weight is 363 g/mol. The highest BCUT2D eigenvalue weighted by Crippen LogP contribution is 2.28. The Bertz CT molecular complexity index is 702. The third-order valence-electron chi connectivity index (χ3n) is 3.41. The minimum absolute atomic E-state index is 0.208. The standard InChI is InChI=1S/C19H23ClN2O3/c1-4-24-16-8-5-14(6-9-16)19(23)21-15-7-10-18(17(20)13-15)25-12-11-22(2)3/h5-10,13H,4,11-12H2,1-3H3,(H,21,23). The average Bonchev–Trinajstić information content (AvgIpc) is 2.57. The number of likely N-dealkylation sites (N-methyl/N-ethyl adjacent to an activating group) is 1. The second-order valence-corrected chi connectivity index (χ2v) is 6.12. The van der Waals surface area contributed by atoms with Gasteiger partial charge in [-0.15, -0.1) is 0 Å². The quantitative estimate of drug-likeness (QED) is 0.773. The van der Waals surface area contributed by atoms with Crippen LogP contribution in [0.5, 0.6) is 11.5 Å². The van der Waals surface area contributed by atoms with Crippen molar-refractivity contribution in [1.82, 2.24) is 4.90 Å². The number of nitrogens with zero attached hydrogens (tertiary/aromatic N) is 1. The Balaban J connectivity index is 1.97. The highest BCUT2D eigenvalue weighted by atomic mass is 35.5. The maximum atomic E-state index is 12.3. The fourth-order valence-electron chi connectivity index (χ4n) is 2.11. The maximum absolute atomic E-state index is 12.3. The molecule has 0 unspecified atom stereocenters. The molecule has 2 rings (SSSR count). The van der Waals surface area contributed by atoms with Gasteiger partial charge in [0.05, 0.1) is 11.6 Å². The summed E-state index contributed by atoms with van der Waals surface area (Å²) < 4.78 is 11.0.